The fourth-order valence-corrected chi connectivity index (χ4v) is 2.08. The Labute approximate surface area is 148 Å². The summed E-state index contributed by atoms with van der Waals surface area (Å²) in [5, 5.41) is 21.1. The van der Waals surface area contributed by atoms with Gasteiger partial charge in [-0.1, -0.05) is 24.3 Å². The van der Waals surface area contributed by atoms with Crippen LogP contribution in [-0.2, 0) is 9.53 Å². The number of hydrogen-bond donors (Lipinski definition) is 1. The molecule has 0 aliphatic heterocycles. The van der Waals surface area contributed by atoms with Crippen molar-refractivity contribution in [3.05, 3.63) is 75.5 Å². The molecule has 0 saturated heterocycles. The van der Waals surface area contributed by atoms with Crippen molar-refractivity contribution < 1.29 is 29.1 Å². The predicted octanol–water partition coefficient (Wildman–Crippen LogP) is 3.28. The quantitative estimate of drug-likeness (QED) is 0.211. The molecule has 2 rings (SSSR count). The minimum absolute atomic E-state index is 0.0353. The van der Waals surface area contributed by atoms with Crippen molar-refractivity contribution in [1.82, 2.24) is 0 Å². The second-order valence-electron chi connectivity index (χ2n) is 4.96. The van der Waals surface area contributed by atoms with Crippen molar-refractivity contribution >= 4 is 23.7 Å². The van der Waals surface area contributed by atoms with Gasteiger partial charge in [0.25, 0.3) is 0 Å². The third kappa shape index (κ3) is 4.44. The average molecular weight is 357 g/mol. The standard InChI is InChI=1S/C18H15NO7/c1-2-25-18(22)14(20)11-13-9-6-10-15(16(13)19(23)24)26-17(21)12-7-4-3-5-8-12/h3-11,20H,2H2,1H3/b14-11-. The maximum absolute atomic E-state index is 12.1. The van der Waals surface area contributed by atoms with Crippen LogP contribution in [-0.4, -0.2) is 28.6 Å². The molecular weight excluding hydrogens is 342 g/mol. The predicted molar refractivity (Wildman–Crippen MR) is 91.7 cm³/mol. The Bertz CT molecular complexity index is 859. The van der Waals surface area contributed by atoms with Crippen molar-refractivity contribution in [1.29, 1.82) is 0 Å². The van der Waals surface area contributed by atoms with Gasteiger partial charge in [0.05, 0.1) is 22.7 Å². The van der Waals surface area contributed by atoms with Gasteiger partial charge in [-0.15, -0.1) is 0 Å². The molecular formula is C18H15NO7. The van der Waals surface area contributed by atoms with Gasteiger partial charge < -0.3 is 14.6 Å². The van der Waals surface area contributed by atoms with Crippen LogP contribution in [0.1, 0.15) is 22.8 Å². The zero-order chi connectivity index (χ0) is 19.1. The number of hydrogen-bond acceptors (Lipinski definition) is 7. The number of para-hydroxylation sites is 1. The summed E-state index contributed by atoms with van der Waals surface area (Å²) in [7, 11) is 0. The van der Waals surface area contributed by atoms with E-state index in [2.05, 4.69) is 4.74 Å². The highest BCUT2D eigenvalue weighted by atomic mass is 16.6. The second kappa shape index (κ2) is 8.43. The van der Waals surface area contributed by atoms with Gasteiger partial charge in [0.2, 0.25) is 11.5 Å². The molecule has 134 valence electrons. The number of carbonyl (C=O) groups is 2. The van der Waals surface area contributed by atoms with E-state index >= 15 is 0 Å². The first kappa shape index (κ1) is 18.7. The summed E-state index contributed by atoms with van der Waals surface area (Å²) in [6, 6.07) is 11.9. The summed E-state index contributed by atoms with van der Waals surface area (Å²) in [4.78, 5) is 34.3. The van der Waals surface area contributed by atoms with E-state index in [1.165, 1.54) is 30.3 Å². The molecule has 0 unspecified atom stereocenters. The number of benzene rings is 2. The number of nitrogens with zero attached hydrogens (tertiary/aromatic N) is 1. The Hall–Kier alpha value is -3.68. The Morgan fingerprint density at radius 3 is 2.46 bits per heavy atom. The van der Waals surface area contributed by atoms with E-state index in [0.717, 1.165) is 6.08 Å². The molecule has 0 bridgehead atoms. The molecule has 0 saturated carbocycles. The number of nitro benzene ring substituents is 1. The van der Waals surface area contributed by atoms with E-state index < -0.39 is 28.3 Å². The third-order valence-electron chi connectivity index (χ3n) is 3.20. The molecule has 26 heavy (non-hydrogen) atoms. The number of esters is 2. The van der Waals surface area contributed by atoms with Crippen molar-refractivity contribution in [2.75, 3.05) is 6.61 Å². The van der Waals surface area contributed by atoms with Gasteiger partial charge >= 0.3 is 17.6 Å². The molecule has 0 aliphatic rings. The van der Waals surface area contributed by atoms with E-state index in [9.17, 15) is 24.8 Å². The monoisotopic (exact) mass is 357 g/mol. The zero-order valence-electron chi connectivity index (χ0n) is 13.7. The smallest absolute Gasteiger partial charge is 0.373 e. The van der Waals surface area contributed by atoms with Gasteiger partial charge in [0.1, 0.15) is 0 Å². The minimum atomic E-state index is -1.02. The van der Waals surface area contributed by atoms with Crippen LogP contribution in [0, 0.1) is 10.1 Å². The van der Waals surface area contributed by atoms with Crippen molar-refractivity contribution in [2.24, 2.45) is 0 Å². The topological polar surface area (TPSA) is 116 Å². The van der Waals surface area contributed by atoms with E-state index in [-0.39, 0.29) is 23.5 Å². The highest BCUT2D eigenvalue weighted by molar-refractivity contribution is 5.93. The third-order valence-corrected chi connectivity index (χ3v) is 3.20. The van der Waals surface area contributed by atoms with Crippen LogP contribution in [0.15, 0.2) is 54.3 Å². The maximum atomic E-state index is 12.1. The molecule has 8 heteroatoms. The average Bonchev–Trinajstić information content (AvgIpc) is 2.62. The SMILES string of the molecule is CCOC(=O)/C(O)=C/c1cccc(OC(=O)c2ccccc2)c1[N+](=O)[O-]. The lowest BCUT2D eigenvalue weighted by molar-refractivity contribution is -0.385. The van der Waals surface area contributed by atoms with Gasteiger partial charge in [-0.3, -0.25) is 10.1 Å². The number of ether oxygens (including phenoxy) is 2. The molecule has 0 atom stereocenters. The first-order valence-corrected chi connectivity index (χ1v) is 7.56. The van der Waals surface area contributed by atoms with Gasteiger partial charge in [0, 0.05) is 6.08 Å². The Morgan fingerprint density at radius 2 is 1.85 bits per heavy atom. The molecule has 0 radical (unpaired) electrons. The van der Waals surface area contributed by atoms with Crippen LogP contribution in [0.5, 0.6) is 5.75 Å². The zero-order valence-corrected chi connectivity index (χ0v) is 13.7. The maximum Gasteiger partial charge on any atom is 0.373 e. The molecule has 0 fully saturated rings. The summed E-state index contributed by atoms with van der Waals surface area (Å²) >= 11 is 0. The normalized spacial score (nSPS) is 10.9. The molecule has 8 nitrogen and oxygen atoms in total. The number of aliphatic hydroxyl groups is 1. The molecule has 0 amide bonds. The van der Waals surface area contributed by atoms with Crippen LogP contribution >= 0.6 is 0 Å². The molecule has 0 aromatic heterocycles. The molecule has 0 spiro atoms. The minimum Gasteiger partial charge on any atom is -0.502 e. The molecule has 1 N–H and O–H groups in total. The lowest BCUT2D eigenvalue weighted by atomic mass is 10.1. The lowest BCUT2D eigenvalue weighted by Gasteiger charge is -2.07. The van der Waals surface area contributed by atoms with Crippen molar-refractivity contribution in [3.63, 3.8) is 0 Å². The van der Waals surface area contributed by atoms with E-state index in [4.69, 9.17) is 4.74 Å². The highest BCUT2D eigenvalue weighted by Gasteiger charge is 2.23. The highest BCUT2D eigenvalue weighted by Crippen LogP contribution is 2.32. The van der Waals surface area contributed by atoms with Gasteiger partial charge in [-0.25, -0.2) is 9.59 Å². The van der Waals surface area contributed by atoms with Gasteiger partial charge in [-0.05, 0) is 31.2 Å². The Morgan fingerprint density at radius 1 is 1.15 bits per heavy atom. The Kier molecular flexibility index (Phi) is 6.05. The van der Waals surface area contributed by atoms with Crippen LogP contribution in [0.3, 0.4) is 0 Å². The number of rotatable bonds is 6. The Balaban J connectivity index is 2.39. The molecule has 0 heterocycles. The molecule has 2 aromatic rings. The molecule has 2 aromatic carbocycles. The number of aliphatic hydroxyl groups excluding tert-OH is 1. The fourth-order valence-electron chi connectivity index (χ4n) is 2.08. The summed E-state index contributed by atoms with van der Waals surface area (Å²) in [5.41, 5.74) is -0.455. The summed E-state index contributed by atoms with van der Waals surface area (Å²) in [5.74, 6) is -2.91. The van der Waals surface area contributed by atoms with Crippen molar-refractivity contribution in [2.45, 2.75) is 6.92 Å². The fraction of sp³-hybridized carbons (Fsp3) is 0.111. The van der Waals surface area contributed by atoms with E-state index in [0.29, 0.717) is 0 Å². The van der Waals surface area contributed by atoms with Crippen LogP contribution in [0.2, 0.25) is 0 Å². The van der Waals surface area contributed by atoms with Crippen LogP contribution in [0.25, 0.3) is 6.08 Å². The first-order chi connectivity index (χ1) is 12.4. The number of carbonyl (C=O) groups excluding carboxylic acids is 2. The van der Waals surface area contributed by atoms with Gasteiger partial charge in [0.15, 0.2) is 0 Å². The van der Waals surface area contributed by atoms with Crippen molar-refractivity contribution in [3.8, 4) is 5.75 Å². The van der Waals surface area contributed by atoms with Crippen LogP contribution in [0.4, 0.5) is 5.69 Å². The largest absolute Gasteiger partial charge is 0.502 e. The summed E-state index contributed by atoms with van der Waals surface area (Å²) < 4.78 is 9.73. The first-order valence-electron chi connectivity index (χ1n) is 7.56. The lowest BCUT2D eigenvalue weighted by Crippen LogP contribution is -2.10. The van der Waals surface area contributed by atoms with Gasteiger partial charge in [-0.2, -0.15) is 0 Å². The van der Waals surface area contributed by atoms with E-state index in [1.54, 1.807) is 25.1 Å². The summed E-state index contributed by atoms with van der Waals surface area (Å²) in [6.07, 6.45) is 0.885. The number of nitro groups is 1. The molecule has 0 aliphatic carbocycles. The second-order valence-corrected chi connectivity index (χ2v) is 4.96. The summed E-state index contributed by atoms with van der Waals surface area (Å²) in [6.45, 7) is 1.59. The van der Waals surface area contributed by atoms with E-state index in [1.807, 2.05) is 0 Å². The van der Waals surface area contributed by atoms with Crippen LogP contribution < -0.4 is 4.74 Å².